The van der Waals surface area contributed by atoms with E-state index in [4.69, 9.17) is 0 Å². The Kier molecular flexibility index (Phi) is 4.61. The van der Waals surface area contributed by atoms with E-state index in [2.05, 4.69) is 76.5 Å². The molecule has 2 aliphatic heterocycles. The molecule has 3 aromatic carbocycles. The molecule has 142 valence electrons. The molecule has 3 nitrogen and oxygen atoms in total. The van der Waals surface area contributed by atoms with E-state index in [1.54, 1.807) is 0 Å². The van der Waals surface area contributed by atoms with Crippen LogP contribution in [0.25, 0.3) is 10.8 Å². The standard InChI is InChI=1S/C25H26N2O/c28-25(16-21-10-5-9-20-7-3-4-11-24(20)21)27-15-13-23(18-27)26-14-12-19-6-1-2-8-22(19)17-26/h1-11,23H,12-18H2. The second-order valence-electron chi connectivity index (χ2n) is 8.09. The normalized spacial score (nSPS) is 19.7. The van der Waals surface area contributed by atoms with Gasteiger partial charge in [0.05, 0.1) is 6.42 Å². The molecule has 0 bridgehead atoms. The Morgan fingerprint density at radius 1 is 0.893 bits per heavy atom. The minimum Gasteiger partial charge on any atom is -0.341 e. The first-order valence-corrected chi connectivity index (χ1v) is 10.3. The maximum atomic E-state index is 13.0. The van der Waals surface area contributed by atoms with Crippen LogP contribution in [0.1, 0.15) is 23.1 Å². The number of nitrogens with zero attached hydrogens (tertiary/aromatic N) is 2. The van der Waals surface area contributed by atoms with Crippen LogP contribution in [-0.2, 0) is 24.2 Å². The third-order valence-corrected chi connectivity index (χ3v) is 6.41. The van der Waals surface area contributed by atoms with Gasteiger partial charge in [-0.3, -0.25) is 9.69 Å². The summed E-state index contributed by atoms with van der Waals surface area (Å²) in [6.07, 6.45) is 2.71. The monoisotopic (exact) mass is 370 g/mol. The van der Waals surface area contributed by atoms with E-state index in [9.17, 15) is 4.79 Å². The topological polar surface area (TPSA) is 23.6 Å². The molecule has 28 heavy (non-hydrogen) atoms. The molecule has 1 amide bonds. The van der Waals surface area contributed by atoms with Crippen LogP contribution >= 0.6 is 0 Å². The highest BCUT2D eigenvalue weighted by Crippen LogP contribution is 2.25. The van der Waals surface area contributed by atoms with Crippen LogP contribution in [-0.4, -0.2) is 41.4 Å². The van der Waals surface area contributed by atoms with Gasteiger partial charge in [0.15, 0.2) is 0 Å². The molecule has 2 aliphatic rings. The fourth-order valence-corrected chi connectivity index (χ4v) is 4.82. The first-order chi connectivity index (χ1) is 13.8. The van der Waals surface area contributed by atoms with Crippen molar-refractivity contribution in [3.05, 3.63) is 83.4 Å². The molecular weight excluding hydrogens is 344 g/mol. The number of rotatable bonds is 3. The second kappa shape index (κ2) is 7.40. The second-order valence-corrected chi connectivity index (χ2v) is 8.09. The highest BCUT2D eigenvalue weighted by atomic mass is 16.2. The Balaban J connectivity index is 1.25. The van der Waals surface area contributed by atoms with Gasteiger partial charge in [0.1, 0.15) is 0 Å². The van der Waals surface area contributed by atoms with Gasteiger partial charge < -0.3 is 4.90 Å². The summed E-state index contributed by atoms with van der Waals surface area (Å²) < 4.78 is 0. The summed E-state index contributed by atoms with van der Waals surface area (Å²) in [6, 6.07) is 23.9. The summed E-state index contributed by atoms with van der Waals surface area (Å²) in [5.41, 5.74) is 4.08. The van der Waals surface area contributed by atoms with Crippen molar-refractivity contribution in [2.75, 3.05) is 19.6 Å². The van der Waals surface area contributed by atoms with Crippen LogP contribution in [0.2, 0.25) is 0 Å². The molecule has 0 spiro atoms. The molecule has 1 unspecified atom stereocenters. The van der Waals surface area contributed by atoms with Crippen LogP contribution in [0.5, 0.6) is 0 Å². The average Bonchev–Trinajstić information content (AvgIpc) is 3.24. The van der Waals surface area contributed by atoms with E-state index in [0.29, 0.717) is 12.5 Å². The van der Waals surface area contributed by atoms with E-state index in [1.807, 2.05) is 0 Å². The van der Waals surface area contributed by atoms with Gasteiger partial charge in [-0.05, 0) is 40.3 Å². The molecule has 1 atom stereocenters. The predicted octanol–water partition coefficient (Wildman–Crippen LogP) is 4.04. The molecule has 2 heterocycles. The zero-order valence-corrected chi connectivity index (χ0v) is 16.2. The minimum atomic E-state index is 0.260. The van der Waals surface area contributed by atoms with E-state index in [-0.39, 0.29) is 5.91 Å². The van der Waals surface area contributed by atoms with Gasteiger partial charge in [-0.15, -0.1) is 0 Å². The lowest BCUT2D eigenvalue weighted by atomic mass is 9.98. The Labute approximate surface area is 166 Å². The van der Waals surface area contributed by atoms with Crippen molar-refractivity contribution in [1.29, 1.82) is 0 Å². The van der Waals surface area contributed by atoms with Crippen molar-refractivity contribution in [2.24, 2.45) is 0 Å². The molecule has 3 heteroatoms. The minimum absolute atomic E-state index is 0.260. The smallest absolute Gasteiger partial charge is 0.227 e. The van der Waals surface area contributed by atoms with E-state index >= 15 is 0 Å². The third kappa shape index (κ3) is 3.31. The molecule has 1 saturated heterocycles. The lowest BCUT2D eigenvalue weighted by molar-refractivity contribution is -0.129. The van der Waals surface area contributed by atoms with Crippen LogP contribution in [0.4, 0.5) is 0 Å². The molecule has 0 radical (unpaired) electrons. The molecule has 0 saturated carbocycles. The number of fused-ring (bicyclic) bond motifs is 2. The summed E-state index contributed by atoms with van der Waals surface area (Å²) in [5, 5.41) is 2.40. The van der Waals surface area contributed by atoms with Crippen LogP contribution in [0.3, 0.4) is 0 Å². The summed E-state index contributed by atoms with van der Waals surface area (Å²) >= 11 is 0. The van der Waals surface area contributed by atoms with Crippen molar-refractivity contribution in [2.45, 2.75) is 31.8 Å². The molecule has 1 fully saturated rings. The van der Waals surface area contributed by atoms with Crippen molar-refractivity contribution < 1.29 is 4.79 Å². The fraction of sp³-hybridized carbons (Fsp3) is 0.320. The quantitative estimate of drug-likeness (QED) is 0.695. The van der Waals surface area contributed by atoms with Crippen molar-refractivity contribution in [3.63, 3.8) is 0 Å². The van der Waals surface area contributed by atoms with Gasteiger partial charge in [-0.25, -0.2) is 0 Å². The number of amides is 1. The summed E-state index contributed by atoms with van der Waals surface area (Å²) in [4.78, 5) is 17.6. The molecular formula is C25H26N2O. The first-order valence-electron chi connectivity index (χ1n) is 10.3. The maximum Gasteiger partial charge on any atom is 0.227 e. The largest absolute Gasteiger partial charge is 0.341 e. The van der Waals surface area contributed by atoms with Crippen molar-refractivity contribution in [1.82, 2.24) is 9.80 Å². The lowest BCUT2D eigenvalue weighted by Crippen LogP contribution is -2.41. The summed E-state index contributed by atoms with van der Waals surface area (Å²) in [6.45, 7) is 3.87. The average molecular weight is 370 g/mol. The van der Waals surface area contributed by atoms with Crippen LogP contribution < -0.4 is 0 Å². The number of hydrogen-bond donors (Lipinski definition) is 0. The number of carbonyl (C=O) groups excluding carboxylic acids is 1. The predicted molar refractivity (Wildman–Crippen MR) is 113 cm³/mol. The van der Waals surface area contributed by atoms with Gasteiger partial charge in [0, 0.05) is 32.2 Å². The first kappa shape index (κ1) is 17.4. The van der Waals surface area contributed by atoms with Gasteiger partial charge in [-0.2, -0.15) is 0 Å². The lowest BCUT2D eigenvalue weighted by Gasteiger charge is -2.33. The molecule has 5 rings (SSSR count). The van der Waals surface area contributed by atoms with E-state index in [0.717, 1.165) is 44.6 Å². The fourth-order valence-electron chi connectivity index (χ4n) is 4.82. The molecule has 0 N–H and O–H groups in total. The Hall–Kier alpha value is -2.65. The van der Waals surface area contributed by atoms with E-state index in [1.165, 1.54) is 21.9 Å². The molecule has 0 aliphatic carbocycles. The van der Waals surface area contributed by atoms with Crippen LogP contribution in [0, 0.1) is 0 Å². The number of hydrogen-bond acceptors (Lipinski definition) is 2. The van der Waals surface area contributed by atoms with Gasteiger partial charge >= 0.3 is 0 Å². The number of benzene rings is 3. The number of carbonyl (C=O) groups is 1. The molecule has 0 aromatic heterocycles. The zero-order chi connectivity index (χ0) is 18.9. The van der Waals surface area contributed by atoms with Gasteiger partial charge in [0.25, 0.3) is 0 Å². The summed E-state index contributed by atoms with van der Waals surface area (Å²) in [7, 11) is 0. The van der Waals surface area contributed by atoms with Gasteiger partial charge in [-0.1, -0.05) is 66.7 Å². The summed E-state index contributed by atoms with van der Waals surface area (Å²) in [5.74, 6) is 0.260. The highest BCUT2D eigenvalue weighted by Gasteiger charge is 2.31. The third-order valence-electron chi connectivity index (χ3n) is 6.41. The Bertz CT molecular complexity index is 1010. The zero-order valence-electron chi connectivity index (χ0n) is 16.2. The van der Waals surface area contributed by atoms with E-state index < -0.39 is 0 Å². The number of likely N-dealkylation sites (tertiary alicyclic amines) is 1. The Morgan fingerprint density at radius 2 is 1.68 bits per heavy atom. The van der Waals surface area contributed by atoms with Crippen molar-refractivity contribution in [3.8, 4) is 0 Å². The van der Waals surface area contributed by atoms with Gasteiger partial charge in [0.2, 0.25) is 5.91 Å². The Morgan fingerprint density at radius 3 is 2.61 bits per heavy atom. The maximum absolute atomic E-state index is 13.0. The van der Waals surface area contributed by atoms with Crippen LogP contribution in [0.15, 0.2) is 66.7 Å². The highest BCUT2D eigenvalue weighted by molar-refractivity contribution is 5.90. The molecule has 3 aromatic rings. The SMILES string of the molecule is O=C(Cc1cccc2ccccc12)N1CCC(N2CCc3ccccc3C2)C1. The van der Waals surface area contributed by atoms with Crippen molar-refractivity contribution >= 4 is 16.7 Å².